The SMILES string of the molecule is C=CCNC(=O)N1CCc2nc(N3CCN(C)CC3)nc(Oc3ccccc3OC)c2C1. The first-order chi connectivity index (χ1) is 15.6. The minimum Gasteiger partial charge on any atom is -0.493 e. The molecule has 4 rings (SSSR count). The zero-order chi connectivity index (χ0) is 22.5. The molecule has 0 atom stereocenters. The number of hydrogen-bond acceptors (Lipinski definition) is 7. The third-order valence-corrected chi connectivity index (χ3v) is 5.76. The van der Waals surface area contributed by atoms with Crippen molar-refractivity contribution in [3.63, 3.8) is 0 Å². The Hall–Kier alpha value is -3.33. The van der Waals surface area contributed by atoms with E-state index in [2.05, 4.69) is 28.7 Å². The summed E-state index contributed by atoms with van der Waals surface area (Å²) in [5.41, 5.74) is 1.75. The molecule has 2 aliphatic heterocycles. The molecule has 0 bridgehead atoms. The molecule has 2 aromatic rings. The van der Waals surface area contributed by atoms with Crippen LogP contribution in [0, 0.1) is 0 Å². The Bertz CT molecular complexity index is 974. The van der Waals surface area contributed by atoms with E-state index in [1.54, 1.807) is 18.1 Å². The Kier molecular flexibility index (Phi) is 6.75. The van der Waals surface area contributed by atoms with Gasteiger partial charge in [-0.15, -0.1) is 6.58 Å². The van der Waals surface area contributed by atoms with E-state index in [1.807, 2.05) is 24.3 Å². The highest BCUT2D eigenvalue weighted by atomic mass is 16.5. The summed E-state index contributed by atoms with van der Waals surface area (Å²) in [7, 11) is 3.73. The molecule has 0 spiro atoms. The zero-order valence-corrected chi connectivity index (χ0v) is 18.7. The Morgan fingerprint density at radius 1 is 1.16 bits per heavy atom. The van der Waals surface area contributed by atoms with Gasteiger partial charge in [-0.1, -0.05) is 18.2 Å². The molecule has 1 fully saturated rings. The van der Waals surface area contributed by atoms with Gasteiger partial charge in [0, 0.05) is 45.7 Å². The lowest BCUT2D eigenvalue weighted by Crippen LogP contribution is -2.46. The molecule has 32 heavy (non-hydrogen) atoms. The number of likely N-dealkylation sites (N-methyl/N-ethyl adjacent to an activating group) is 1. The summed E-state index contributed by atoms with van der Waals surface area (Å²) < 4.78 is 11.7. The lowest BCUT2D eigenvalue weighted by atomic mass is 10.1. The third kappa shape index (κ3) is 4.77. The number of carbonyl (C=O) groups excluding carboxylic acids is 1. The van der Waals surface area contributed by atoms with Gasteiger partial charge in [0.2, 0.25) is 11.8 Å². The minimum atomic E-state index is -0.137. The normalized spacial score (nSPS) is 16.3. The van der Waals surface area contributed by atoms with E-state index in [0.29, 0.717) is 49.4 Å². The van der Waals surface area contributed by atoms with Crippen molar-refractivity contribution in [2.75, 3.05) is 58.3 Å². The Morgan fingerprint density at radius 2 is 1.91 bits per heavy atom. The maximum atomic E-state index is 12.5. The van der Waals surface area contributed by atoms with Crippen molar-refractivity contribution < 1.29 is 14.3 Å². The molecule has 0 aliphatic carbocycles. The fourth-order valence-corrected chi connectivity index (χ4v) is 3.86. The number of aromatic nitrogens is 2. The number of rotatable bonds is 6. The summed E-state index contributed by atoms with van der Waals surface area (Å²) in [5, 5.41) is 2.84. The highest BCUT2D eigenvalue weighted by molar-refractivity contribution is 5.74. The van der Waals surface area contributed by atoms with Crippen molar-refractivity contribution in [3.05, 3.63) is 48.2 Å². The van der Waals surface area contributed by atoms with Gasteiger partial charge >= 0.3 is 6.03 Å². The second-order valence-corrected chi connectivity index (χ2v) is 7.94. The molecular weight excluding hydrogens is 408 g/mol. The van der Waals surface area contributed by atoms with Crippen LogP contribution in [0.3, 0.4) is 0 Å². The molecule has 1 aromatic heterocycles. The predicted octanol–water partition coefficient (Wildman–Crippen LogP) is 2.28. The summed E-state index contributed by atoms with van der Waals surface area (Å²) >= 11 is 0. The van der Waals surface area contributed by atoms with Crippen molar-refractivity contribution in [2.45, 2.75) is 13.0 Å². The average molecular weight is 439 g/mol. The number of ether oxygens (including phenoxy) is 2. The number of urea groups is 1. The number of hydrogen-bond donors (Lipinski definition) is 1. The molecule has 0 saturated carbocycles. The zero-order valence-electron chi connectivity index (χ0n) is 18.7. The lowest BCUT2D eigenvalue weighted by molar-refractivity contribution is 0.192. The maximum Gasteiger partial charge on any atom is 0.317 e. The molecule has 3 heterocycles. The first-order valence-corrected chi connectivity index (χ1v) is 10.9. The smallest absolute Gasteiger partial charge is 0.317 e. The van der Waals surface area contributed by atoms with Crippen molar-refractivity contribution >= 4 is 12.0 Å². The molecule has 2 amide bonds. The molecule has 2 aliphatic rings. The predicted molar refractivity (Wildman–Crippen MR) is 123 cm³/mol. The van der Waals surface area contributed by atoms with Gasteiger partial charge in [0.25, 0.3) is 0 Å². The van der Waals surface area contributed by atoms with Crippen LogP contribution in [0.4, 0.5) is 10.7 Å². The highest BCUT2D eigenvalue weighted by Gasteiger charge is 2.28. The van der Waals surface area contributed by atoms with Gasteiger partial charge in [-0.3, -0.25) is 0 Å². The number of anilines is 1. The minimum absolute atomic E-state index is 0.137. The summed E-state index contributed by atoms with van der Waals surface area (Å²) in [4.78, 5) is 28.4. The van der Waals surface area contributed by atoms with Gasteiger partial charge in [0.05, 0.1) is 24.9 Å². The molecular formula is C23H30N6O3. The summed E-state index contributed by atoms with van der Waals surface area (Å²) in [6, 6.07) is 7.34. The Balaban J connectivity index is 1.67. The summed E-state index contributed by atoms with van der Waals surface area (Å²) in [5.74, 6) is 2.34. The van der Waals surface area contributed by atoms with E-state index < -0.39 is 0 Å². The number of carbonyl (C=O) groups is 1. The Labute approximate surface area is 188 Å². The van der Waals surface area contributed by atoms with Crippen LogP contribution in [0.5, 0.6) is 17.4 Å². The van der Waals surface area contributed by atoms with E-state index in [-0.39, 0.29) is 6.03 Å². The van der Waals surface area contributed by atoms with E-state index in [9.17, 15) is 4.79 Å². The quantitative estimate of drug-likeness (QED) is 0.693. The second-order valence-electron chi connectivity index (χ2n) is 7.94. The fourth-order valence-electron chi connectivity index (χ4n) is 3.86. The van der Waals surface area contributed by atoms with Crippen molar-refractivity contribution in [1.29, 1.82) is 0 Å². The van der Waals surface area contributed by atoms with Crippen LogP contribution in [0.1, 0.15) is 11.3 Å². The lowest BCUT2D eigenvalue weighted by Gasteiger charge is -2.34. The van der Waals surface area contributed by atoms with Crippen molar-refractivity contribution in [2.24, 2.45) is 0 Å². The maximum absolute atomic E-state index is 12.5. The molecule has 9 nitrogen and oxygen atoms in total. The first-order valence-electron chi connectivity index (χ1n) is 10.9. The van der Waals surface area contributed by atoms with E-state index in [1.165, 1.54) is 0 Å². The molecule has 0 unspecified atom stereocenters. The number of amides is 2. The number of fused-ring (bicyclic) bond motifs is 1. The molecule has 170 valence electrons. The van der Waals surface area contributed by atoms with Crippen molar-refractivity contribution in [3.8, 4) is 17.4 Å². The van der Waals surface area contributed by atoms with E-state index >= 15 is 0 Å². The number of para-hydroxylation sites is 2. The number of methoxy groups -OCH3 is 1. The number of piperazine rings is 1. The standard InChI is InChI=1S/C23H30N6O3/c1-4-10-24-23(30)29-11-9-18-17(16-29)21(32-20-8-6-5-7-19(20)31-3)26-22(25-18)28-14-12-27(2)13-15-28/h4-8H,1,9-16H2,2-3H3,(H,24,30). The molecule has 9 heteroatoms. The van der Waals surface area contributed by atoms with Crippen LogP contribution in [0.25, 0.3) is 0 Å². The monoisotopic (exact) mass is 438 g/mol. The third-order valence-electron chi connectivity index (χ3n) is 5.76. The number of nitrogens with zero attached hydrogens (tertiary/aromatic N) is 5. The van der Waals surface area contributed by atoms with Crippen molar-refractivity contribution in [1.82, 2.24) is 25.1 Å². The molecule has 0 radical (unpaired) electrons. The van der Waals surface area contributed by atoms with Crippen LogP contribution in [-0.2, 0) is 13.0 Å². The van der Waals surface area contributed by atoms with Gasteiger partial charge in [-0.05, 0) is 19.2 Å². The fraction of sp³-hybridized carbons (Fsp3) is 0.435. The summed E-state index contributed by atoms with van der Waals surface area (Å²) in [6.07, 6.45) is 2.31. The van der Waals surface area contributed by atoms with Gasteiger partial charge < -0.3 is 29.5 Å². The molecule has 1 aromatic carbocycles. The molecule has 1 saturated heterocycles. The molecule has 1 N–H and O–H groups in total. The van der Waals surface area contributed by atoms with Gasteiger partial charge in [-0.25, -0.2) is 9.78 Å². The topological polar surface area (TPSA) is 83.1 Å². The van der Waals surface area contributed by atoms with E-state index in [4.69, 9.17) is 19.4 Å². The van der Waals surface area contributed by atoms with Crippen LogP contribution < -0.4 is 19.7 Å². The van der Waals surface area contributed by atoms with Gasteiger partial charge in [-0.2, -0.15) is 4.98 Å². The van der Waals surface area contributed by atoms with Gasteiger partial charge in [0.1, 0.15) is 0 Å². The number of nitrogens with one attached hydrogen (secondary N) is 1. The van der Waals surface area contributed by atoms with Crippen LogP contribution in [0.15, 0.2) is 36.9 Å². The van der Waals surface area contributed by atoms with E-state index in [0.717, 1.165) is 37.4 Å². The first kappa shape index (κ1) is 21.9. The van der Waals surface area contributed by atoms with Crippen LogP contribution in [-0.4, -0.2) is 79.2 Å². The Morgan fingerprint density at radius 3 is 2.62 bits per heavy atom. The number of benzene rings is 1. The largest absolute Gasteiger partial charge is 0.493 e. The van der Waals surface area contributed by atoms with Crippen LogP contribution in [0.2, 0.25) is 0 Å². The average Bonchev–Trinajstić information content (AvgIpc) is 2.83. The summed E-state index contributed by atoms with van der Waals surface area (Å²) in [6.45, 7) is 8.69. The second kappa shape index (κ2) is 9.86. The van der Waals surface area contributed by atoms with Gasteiger partial charge in [0.15, 0.2) is 11.5 Å². The highest BCUT2D eigenvalue weighted by Crippen LogP contribution is 2.35. The van der Waals surface area contributed by atoms with Crippen LogP contribution >= 0.6 is 0 Å².